The first-order valence-electron chi connectivity index (χ1n) is 10.5. The third-order valence-electron chi connectivity index (χ3n) is 5.60. The highest BCUT2D eigenvalue weighted by atomic mass is 32.2. The Bertz CT molecular complexity index is 1160. The van der Waals surface area contributed by atoms with Crippen molar-refractivity contribution in [3.8, 4) is 5.75 Å². The Morgan fingerprint density at radius 3 is 2.39 bits per heavy atom. The number of rotatable bonds is 6. The standard InChI is InChI=1S/C24H26N2O4S/c1-2-30-20-10-12-21(13-11-20)31(28,29)26-16-14-19(15-17-26)25-24(27)23-9-5-7-18-6-3-4-8-22(18)23/h3-13,19H,2,14-17H2,1H3,(H,25,27). The molecule has 7 heteroatoms. The summed E-state index contributed by atoms with van der Waals surface area (Å²) >= 11 is 0. The number of hydrogen-bond donors (Lipinski definition) is 1. The molecular formula is C24H26N2O4S. The minimum atomic E-state index is -3.56. The number of benzene rings is 3. The summed E-state index contributed by atoms with van der Waals surface area (Å²) in [6.45, 7) is 3.16. The highest BCUT2D eigenvalue weighted by molar-refractivity contribution is 7.89. The molecule has 1 aliphatic heterocycles. The molecule has 1 aliphatic rings. The molecular weight excluding hydrogens is 412 g/mol. The lowest BCUT2D eigenvalue weighted by atomic mass is 10.0. The lowest BCUT2D eigenvalue weighted by Crippen LogP contribution is -2.46. The minimum absolute atomic E-state index is 0.0572. The monoisotopic (exact) mass is 438 g/mol. The summed E-state index contributed by atoms with van der Waals surface area (Å²) in [4.78, 5) is 13.1. The lowest BCUT2D eigenvalue weighted by Gasteiger charge is -2.31. The molecule has 31 heavy (non-hydrogen) atoms. The molecule has 3 aromatic carbocycles. The van der Waals surface area contributed by atoms with E-state index in [1.165, 1.54) is 4.31 Å². The van der Waals surface area contributed by atoms with Crippen molar-refractivity contribution in [2.24, 2.45) is 0 Å². The van der Waals surface area contributed by atoms with Gasteiger partial charge >= 0.3 is 0 Å². The van der Waals surface area contributed by atoms with Crippen LogP contribution < -0.4 is 10.1 Å². The summed E-state index contributed by atoms with van der Waals surface area (Å²) in [6.07, 6.45) is 1.15. The van der Waals surface area contributed by atoms with Gasteiger partial charge in [-0.3, -0.25) is 4.79 Å². The molecule has 162 valence electrons. The molecule has 0 aliphatic carbocycles. The first kappa shape index (κ1) is 21.3. The van der Waals surface area contributed by atoms with E-state index in [1.807, 2.05) is 49.4 Å². The van der Waals surface area contributed by atoms with Gasteiger partial charge in [-0.25, -0.2) is 8.42 Å². The van der Waals surface area contributed by atoms with Crippen LogP contribution in [0.3, 0.4) is 0 Å². The third kappa shape index (κ3) is 4.57. The number of ether oxygens (including phenoxy) is 1. The van der Waals surface area contributed by atoms with Gasteiger partial charge in [-0.15, -0.1) is 0 Å². The Balaban J connectivity index is 1.39. The van der Waals surface area contributed by atoms with Gasteiger partial charge in [0, 0.05) is 24.7 Å². The van der Waals surface area contributed by atoms with Crippen LogP contribution in [0.15, 0.2) is 71.6 Å². The van der Waals surface area contributed by atoms with Crippen LogP contribution in [0.4, 0.5) is 0 Å². The summed E-state index contributed by atoms with van der Waals surface area (Å²) in [5.41, 5.74) is 0.641. The summed E-state index contributed by atoms with van der Waals surface area (Å²) in [6, 6.07) is 19.9. The van der Waals surface area contributed by atoms with E-state index in [2.05, 4.69) is 5.32 Å². The maximum atomic E-state index is 13.0. The lowest BCUT2D eigenvalue weighted by molar-refractivity contribution is 0.0925. The average molecular weight is 439 g/mol. The zero-order valence-electron chi connectivity index (χ0n) is 17.5. The van der Waals surface area contributed by atoms with Gasteiger partial charge in [0.1, 0.15) is 5.75 Å². The molecule has 1 N–H and O–H groups in total. The normalized spacial score (nSPS) is 15.6. The number of fused-ring (bicyclic) bond motifs is 1. The molecule has 1 amide bonds. The number of nitrogens with one attached hydrogen (secondary N) is 1. The quantitative estimate of drug-likeness (QED) is 0.635. The van der Waals surface area contributed by atoms with Crippen LogP contribution >= 0.6 is 0 Å². The van der Waals surface area contributed by atoms with Crippen molar-refractivity contribution in [3.63, 3.8) is 0 Å². The Morgan fingerprint density at radius 2 is 1.68 bits per heavy atom. The van der Waals surface area contributed by atoms with Gasteiger partial charge in [-0.2, -0.15) is 4.31 Å². The maximum Gasteiger partial charge on any atom is 0.252 e. The number of carbonyl (C=O) groups is 1. The van der Waals surface area contributed by atoms with Crippen LogP contribution in [0.2, 0.25) is 0 Å². The Morgan fingerprint density at radius 1 is 1.00 bits per heavy atom. The molecule has 0 radical (unpaired) electrons. The van der Waals surface area contributed by atoms with E-state index in [4.69, 9.17) is 4.74 Å². The third-order valence-corrected chi connectivity index (χ3v) is 7.51. The SMILES string of the molecule is CCOc1ccc(S(=O)(=O)N2CCC(NC(=O)c3cccc4ccccc34)CC2)cc1. The second kappa shape index (κ2) is 9.08. The molecule has 1 fully saturated rings. The summed E-state index contributed by atoms with van der Waals surface area (Å²) in [5.74, 6) is 0.529. The highest BCUT2D eigenvalue weighted by Crippen LogP contribution is 2.24. The van der Waals surface area contributed by atoms with Crippen LogP contribution in [-0.4, -0.2) is 44.4 Å². The maximum absolute atomic E-state index is 13.0. The Labute approximate surface area is 182 Å². The molecule has 0 bridgehead atoms. The number of hydrogen-bond acceptors (Lipinski definition) is 4. The highest BCUT2D eigenvalue weighted by Gasteiger charge is 2.30. The molecule has 0 aromatic heterocycles. The molecule has 0 unspecified atom stereocenters. The van der Waals surface area contributed by atoms with Crippen LogP contribution in [0, 0.1) is 0 Å². The summed E-state index contributed by atoms with van der Waals surface area (Å²) < 4.78 is 32.8. The van der Waals surface area contributed by atoms with E-state index < -0.39 is 10.0 Å². The largest absolute Gasteiger partial charge is 0.494 e. The van der Waals surface area contributed by atoms with E-state index in [9.17, 15) is 13.2 Å². The molecule has 0 spiro atoms. The summed E-state index contributed by atoms with van der Waals surface area (Å²) in [5, 5.41) is 5.02. The number of amides is 1. The zero-order valence-corrected chi connectivity index (χ0v) is 18.3. The number of sulfonamides is 1. The molecule has 1 heterocycles. The first-order chi connectivity index (χ1) is 15.0. The van der Waals surface area contributed by atoms with E-state index in [0.717, 1.165) is 10.8 Å². The van der Waals surface area contributed by atoms with Gasteiger partial charge < -0.3 is 10.1 Å². The molecule has 1 saturated heterocycles. The second-order valence-electron chi connectivity index (χ2n) is 7.58. The molecule has 4 rings (SSSR count). The Hall–Kier alpha value is -2.90. The van der Waals surface area contributed by atoms with Crippen molar-refractivity contribution in [1.29, 1.82) is 0 Å². The predicted molar refractivity (Wildman–Crippen MR) is 121 cm³/mol. The number of piperidine rings is 1. The fraction of sp³-hybridized carbons (Fsp3) is 0.292. The van der Waals surface area contributed by atoms with E-state index in [0.29, 0.717) is 43.9 Å². The molecule has 3 aromatic rings. The van der Waals surface area contributed by atoms with E-state index in [-0.39, 0.29) is 16.8 Å². The van der Waals surface area contributed by atoms with Crippen molar-refractivity contribution in [1.82, 2.24) is 9.62 Å². The molecule has 0 saturated carbocycles. The van der Waals surface area contributed by atoms with Gasteiger partial charge in [-0.05, 0) is 60.9 Å². The summed E-state index contributed by atoms with van der Waals surface area (Å²) in [7, 11) is -3.56. The molecule has 0 atom stereocenters. The van der Waals surface area contributed by atoms with Crippen LogP contribution in [0.5, 0.6) is 5.75 Å². The van der Waals surface area contributed by atoms with Gasteiger partial charge in [0.2, 0.25) is 10.0 Å². The van der Waals surface area contributed by atoms with Gasteiger partial charge in [0.25, 0.3) is 5.91 Å². The van der Waals surface area contributed by atoms with Crippen molar-refractivity contribution in [2.45, 2.75) is 30.7 Å². The smallest absolute Gasteiger partial charge is 0.252 e. The molecule has 6 nitrogen and oxygen atoms in total. The van der Waals surface area contributed by atoms with Crippen molar-refractivity contribution in [3.05, 3.63) is 72.3 Å². The fourth-order valence-electron chi connectivity index (χ4n) is 3.95. The number of nitrogens with zero attached hydrogens (tertiary/aromatic N) is 1. The number of carbonyl (C=O) groups excluding carboxylic acids is 1. The Kier molecular flexibility index (Phi) is 6.25. The van der Waals surface area contributed by atoms with Gasteiger partial charge in [0.15, 0.2) is 0 Å². The van der Waals surface area contributed by atoms with Crippen LogP contribution in [0.25, 0.3) is 10.8 Å². The van der Waals surface area contributed by atoms with Crippen molar-refractivity contribution in [2.75, 3.05) is 19.7 Å². The van der Waals surface area contributed by atoms with E-state index in [1.54, 1.807) is 24.3 Å². The van der Waals surface area contributed by atoms with E-state index >= 15 is 0 Å². The van der Waals surface area contributed by atoms with Crippen molar-refractivity contribution >= 4 is 26.7 Å². The zero-order chi connectivity index (χ0) is 21.8. The van der Waals surface area contributed by atoms with Crippen molar-refractivity contribution < 1.29 is 17.9 Å². The predicted octanol–water partition coefficient (Wildman–Crippen LogP) is 3.82. The van der Waals surface area contributed by atoms with Crippen LogP contribution in [0.1, 0.15) is 30.1 Å². The second-order valence-corrected chi connectivity index (χ2v) is 9.52. The first-order valence-corrected chi connectivity index (χ1v) is 11.9. The minimum Gasteiger partial charge on any atom is -0.494 e. The van der Waals surface area contributed by atoms with Crippen LogP contribution in [-0.2, 0) is 10.0 Å². The van der Waals surface area contributed by atoms with Gasteiger partial charge in [-0.1, -0.05) is 36.4 Å². The fourth-order valence-corrected chi connectivity index (χ4v) is 5.42. The average Bonchev–Trinajstić information content (AvgIpc) is 2.79. The van der Waals surface area contributed by atoms with Gasteiger partial charge in [0.05, 0.1) is 11.5 Å². The topological polar surface area (TPSA) is 75.7 Å².